The van der Waals surface area contributed by atoms with E-state index in [0.717, 1.165) is 31.9 Å². The Morgan fingerprint density at radius 1 is 1.37 bits per heavy atom. The molecule has 1 aliphatic carbocycles. The lowest BCUT2D eigenvalue weighted by molar-refractivity contribution is 0.346. The van der Waals surface area contributed by atoms with Crippen LogP contribution in [0.4, 0.5) is 0 Å². The third-order valence-electron chi connectivity index (χ3n) is 4.43. The van der Waals surface area contributed by atoms with E-state index >= 15 is 0 Å². The Morgan fingerprint density at radius 2 is 2.26 bits per heavy atom. The van der Waals surface area contributed by atoms with Crippen LogP contribution >= 0.6 is 15.9 Å². The molecule has 0 saturated heterocycles. The lowest BCUT2D eigenvalue weighted by Crippen LogP contribution is -2.33. The van der Waals surface area contributed by atoms with Crippen LogP contribution in [-0.4, -0.2) is 19.2 Å². The smallest absolute Gasteiger partial charge is 0.125 e. The van der Waals surface area contributed by atoms with Gasteiger partial charge in [0.25, 0.3) is 0 Å². The fourth-order valence-corrected chi connectivity index (χ4v) is 4.14. The van der Waals surface area contributed by atoms with Crippen molar-refractivity contribution in [1.82, 2.24) is 5.32 Å². The number of ether oxygens (including phenoxy) is 1. The van der Waals surface area contributed by atoms with Gasteiger partial charge in [-0.3, -0.25) is 0 Å². The summed E-state index contributed by atoms with van der Waals surface area (Å²) in [6.07, 6.45) is 6.25. The van der Waals surface area contributed by atoms with E-state index in [1.54, 1.807) is 0 Å². The van der Waals surface area contributed by atoms with E-state index in [4.69, 9.17) is 4.74 Å². The summed E-state index contributed by atoms with van der Waals surface area (Å²) >= 11 is 3.64. The van der Waals surface area contributed by atoms with Crippen LogP contribution < -0.4 is 10.1 Å². The maximum atomic E-state index is 5.85. The maximum absolute atomic E-state index is 5.85. The highest BCUT2D eigenvalue weighted by atomic mass is 79.9. The molecule has 0 aromatic heterocycles. The van der Waals surface area contributed by atoms with Gasteiger partial charge in [0, 0.05) is 16.9 Å². The van der Waals surface area contributed by atoms with Gasteiger partial charge in [0.05, 0.1) is 6.61 Å². The van der Waals surface area contributed by atoms with E-state index in [9.17, 15) is 0 Å². The summed E-state index contributed by atoms with van der Waals surface area (Å²) in [7, 11) is 0. The van der Waals surface area contributed by atoms with Crippen LogP contribution in [0.3, 0.4) is 0 Å². The van der Waals surface area contributed by atoms with Gasteiger partial charge in [-0.05, 0) is 55.0 Å². The molecule has 1 fully saturated rings. The van der Waals surface area contributed by atoms with Crippen molar-refractivity contribution in [3.63, 3.8) is 0 Å². The molecule has 2 nitrogen and oxygen atoms in total. The zero-order chi connectivity index (χ0) is 13.2. The SMILES string of the molecule is CCNC1CCCC1Cc1cc(Br)cc2c1OCC2. The second kappa shape index (κ2) is 5.84. The fraction of sp³-hybridized carbons (Fsp3) is 0.625. The normalized spacial score (nSPS) is 25.4. The van der Waals surface area contributed by atoms with Gasteiger partial charge in [0.1, 0.15) is 5.75 Å². The first kappa shape index (κ1) is 13.4. The Labute approximate surface area is 124 Å². The number of benzene rings is 1. The lowest BCUT2D eigenvalue weighted by atomic mass is 9.93. The number of halogens is 1. The van der Waals surface area contributed by atoms with Gasteiger partial charge in [-0.2, -0.15) is 0 Å². The average molecular weight is 324 g/mol. The zero-order valence-electron chi connectivity index (χ0n) is 11.5. The van der Waals surface area contributed by atoms with Crippen molar-refractivity contribution in [3.05, 3.63) is 27.7 Å². The number of hydrogen-bond acceptors (Lipinski definition) is 2. The molecular weight excluding hydrogens is 302 g/mol. The molecule has 2 atom stereocenters. The minimum absolute atomic E-state index is 0.695. The van der Waals surface area contributed by atoms with Crippen molar-refractivity contribution in [2.24, 2.45) is 5.92 Å². The molecule has 1 N–H and O–H groups in total. The van der Waals surface area contributed by atoms with E-state index in [0.29, 0.717) is 6.04 Å². The predicted molar refractivity (Wildman–Crippen MR) is 81.9 cm³/mol. The number of fused-ring (bicyclic) bond motifs is 1. The number of hydrogen-bond donors (Lipinski definition) is 1. The highest BCUT2D eigenvalue weighted by Crippen LogP contribution is 2.37. The summed E-state index contributed by atoms with van der Waals surface area (Å²) in [6.45, 7) is 4.13. The molecule has 19 heavy (non-hydrogen) atoms. The summed E-state index contributed by atoms with van der Waals surface area (Å²) in [5.41, 5.74) is 2.78. The molecule has 3 rings (SSSR count). The van der Waals surface area contributed by atoms with Crippen molar-refractivity contribution >= 4 is 15.9 Å². The molecular formula is C16H22BrNO. The zero-order valence-corrected chi connectivity index (χ0v) is 13.1. The van der Waals surface area contributed by atoms with E-state index in [2.05, 4.69) is 40.3 Å². The maximum Gasteiger partial charge on any atom is 0.125 e. The van der Waals surface area contributed by atoms with Gasteiger partial charge in [-0.25, -0.2) is 0 Å². The second-order valence-electron chi connectivity index (χ2n) is 5.71. The first-order valence-corrected chi connectivity index (χ1v) is 8.24. The molecule has 1 aromatic rings. The summed E-state index contributed by atoms with van der Waals surface area (Å²) < 4.78 is 7.05. The van der Waals surface area contributed by atoms with Crippen LogP contribution in [0.15, 0.2) is 16.6 Å². The first-order valence-electron chi connectivity index (χ1n) is 7.45. The van der Waals surface area contributed by atoms with Crippen molar-refractivity contribution in [1.29, 1.82) is 0 Å². The molecule has 3 heteroatoms. The third-order valence-corrected chi connectivity index (χ3v) is 4.89. The molecule has 1 aliphatic heterocycles. The van der Waals surface area contributed by atoms with Crippen LogP contribution in [0, 0.1) is 5.92 Å². The van der Waals surface area contributed by atoms with Gasteiger partial charge < -0.3 is 10.1 Å². The Bertz CT molecular complexity index is 460. The van der Waals surface area contributed by atoms with Crippen LogP contribution in [0.5, 0.6) is 5.75 Å². The molecule has 2 unspecified atom stereocenters. The number of nitrogens with one attached hydrogen (secondary N) is 1. The molecule has 1 heterocycles. The molecule has 1 saturated carbocycles. The van der Waals surface area contributed by atoms with Gasteiger partial charge in [0.2, 0.25) is 0 Å². The Balaban J connectivity index is 1.79. The average Bonchev–Trinajstić information content (AvgIpc) is 2.99. The Hall–Kier alpha value is -0.540. The minimum Gasteiger partial charge on any atom is -0.493 e. The predicted octanol–water partition coefficient (Wildman–Crippen LogP) is 3.70. The van der Waals surface area contributed by atoms with E-state index in [1.807, 2.05) is 0 Å². The van der Waals surface area contributed by atoms with Crippen LogP contribution in [0.2, 0.25) is 0 Å². The van der Waals surface area contributed by atoms with Crippen LogP contribution in [-0.2, 0) is 12.8 Å². The highest BCUT2D eigenvalue weighted by molar-refractivity contribution is 9.10. The lowest BCUT2D eigenvalue weighted by Gasteiger charge is -2.21. The third kappa shape index (κ3) is 2.82. The molecule has 2 aliphatic rings. The quantitative estimate of drug-likeness (QED) is 0.912. The topological polar surface area (TPSA) is 21.3 Å². The van der Waals surface area contributed by atoms with Gasteiger partial charge in [0.15, 0.2) is 0 Å². The summed E-state index contributed by atoms with van der Waals surface area (Å²) in [5.74, 6) is 1.94. The Kier molecular flexibility index (Phi) is 4.13. The molecule has 0 spiro atoms. The monoisotopic (exact) mass is 323 g/mol. The van der Waals surface area contributed by atoms with Gasteiger partial charge in [-0.15, -0.1) is 0 Å². The van der Waals surface area contributed by atoms with Crippen molar-refractivity contribution in [2.75, 3.05) is 13.2 Å². The van der Waals surface area contributed by atoms with E-state index in [1.165, 1.54) is 40.6 Å². The molecule has 0 amide bonds. The fourth-order valence-electron chi connectivity index (χ4n) is 3.59. The van der Waals surface area contributed by atoms with Gasteiger partial charge >= 0.3 is 0 Å². The minimum atomic E-state index is 0.695. The highest BCUT2D eigenvalue weighted by Gasteiger charge is 2.28. The molecule has 1 aromatic carbocycles. The van der Waals surface area contributed by atoms with Gasteiger partial charge in [-0.1, -0.05) is 29.3 Å². The molecule has 0 bridgehead atoms. The molecule has 104 valence electrons. The molecule has 0 radical (unpaired) electrons. The largest absolute Gasteiger partial charge is 0.493 e. The first-order chi connectivity index (χ1) is 9.28. The van der Waals surface area contributed by atoms with Crippen molar-refractivity contribution in [2.45, 2.75) is 45.1 Å². The van der Waals surface area contributed by atoms with E-state index < -0.39 is 0 Å². The summed E-state index contributed by atoms with van der Waals surface area (Å²) in [6, 6.07) is 5.16. The summed E-state index contributed by atoms with van der Waals surface area (Å²) in [4.78, 5) is 0. The standard InChI is InChI=1S/C16H22BrNO/c1-2-18-15-5-3-4-11(15)8-13-10-14(17)9-12-6-7-19-16(12)13/h9-11,15,18H,2-8H2,1H3. The Morgan fingerprint density at radius 3 is 3.11 bits per heavy atom. The second-order valence-corrected chi connectivity index (χ2v) is 6.63. The van der Waals surface area contributed by atoms with Crippen molar-refractivity contribution in [3.8, 4) is 5.75 Å². The number of rotatable bonds is 4. The van der Waals surface area contributed by atoms with E-state index in [-0.39, 0.29) is 0 Å². The van der Waals surface area contributed by atoms with Crippen LogP contribution in [0.25, 0.3) is 0 Å². The van der Waals surface area contributed by atoms with Crippen molar-refractivity contribution < 1.29 is 4.74 Å². The summed E-state index contributed by atoms with van der Waals surface area (Å²) in [5, 5.41) is 3.64. The van der Waals surface area contributed by atoms with Crippen LogP contribution in [0.1, 0.15) is 37.3 Å².